The molecule has 1 heterocycles. The summed E-state index contributed by atoms with van der Waals surface area (Å²) in [6.07, 6.45) is 2.73. The molecular formula is C16H27N5O6S. The van der Waals surface area contributed by atoms with Crippen molar-refractivity contribution in [2.24, 2.45) is 11.5 Å². The Hall–Kier alpha value is -2.34. The second-order valence-corrected chi connectivity index (χ2v) is 7.41. The number of thioether (sulfide) groups is 1. The highest BCUT2D eigenvalue weighted by Crippen LogP contribution is 2.17. The van der Waals surface area contributed by atoms with Crippen molar-refractivity contribution in [2.45, 2.75) is 43.8 Å². The summed E-state index contributed by atoms with van der Waals surface area (Å²) in [5, 5.41) is 13.8. The van der Waals surface area contributed by atoms with E-state index in [4.69, 9.17) is 16.6 Å². The number of nitrogens with zero attached hydrogens (tertiary/aromatic N) is 1. The average molecular weight is 417 g/mol. The summed E-state index contributed by atoms with van der Waals surface area (Å²) in [5.41, 5.74) is 10.7. The van der Waals surface area contributed by atoms with Gasteiger partial charge >= 0.3 is 5.97 Å². The lowest BCUT2D eigenvalue weighted by molar-refractivity contribution is -0.145. The lowest BCUT2D eigenvalue weighted by Crippen LogP contribution is -2.53. The summed E-state index contributed by atoms with van der Waals surface area (Å²) in [4.78, 5) is 60.1. The van der Waals surface area contributed by atoms with Crippen molar-refractivity contribution in [1.29, 1.82) is 0 Å². The van der Waals surface area contributed by atoms with E-state index in [-0.39, 0.29) is 6.54 Å². The first-order valence-electron chi connectivity index (χ1n) is 8.80. The minimum Gasteiger partial charge on any atom is -0.480 e. The number of hydrogen-bond acceptors (Lipinski definition) is 7. The van der Waals surface area contributed by atoms with Crippen molar-refractivity contribution in [3.8, 4) is 0 Å². The van der Waals surface area contributed by atoms with Gasteiger partial charge in [-0.2, -0.15) is 11.8 Å². The van der Waals surface area contributed by atoms with Crippen LogP contribution in [0.2, 0.25) is 0 Å². The van der Waals surface area contributed by atoms with Gasteiger partial charge in [-0.3, -0.25) is 19.2 Å². The Morgan fingerprint density at radius 2 is 1.96 bits per heavy atom. The molecule has 3 unspecified atom stereocenters. The molecule has 0 spiro atoms. The molecule has 4 amide bonds. The first-order chi connectivity index (χ1) is 13.2. The summed E-state index contributed by atoms with van der Waals surface area (Å²) in [6.45, 7) is -0.00188. The summed E-state index contributed by atoms with van der Waals surface area (Å²) in [6, 6.07) is -3.05. The van der Waals surface area contributed by atoms with Crippen LogP contribution >= 0.6 is 11.8 Å². The normalized spacial score (nSPS) is 18.2. The molecule has 1 aliphatic rings. The van der Waals surface area contributed by atoms with Crippen molar-refractivity contribution in [1.82, 2.24) is 15.5 Å². The number of rotatable bonds is 11. The number of amides is 4. The Bertz CT molecular complexity index is 616. The Morgan fingerprint density at radius 3 is 2.54 bits per heavy atom. The number of nitrogens with one attached hydrogen (secondary N) is 2. The van der Waals surface area contributed by atoms with Gasteiger partial charge in [0, 0.05) is 6.54 Å². The molecule has 0 bridgehead atoms. The topological polar surface area (TPSA) is 185 Å². The maximum absolute atomic E-state index is 12.4. The van der Waals surface area contributed by atoms with Gasteiger partial charge in [-0.05, 0) is 31.3 Å². The zero-order chi connectivity index (χ0) is 21.3. The van der Waals surface area contributed by atoms with Gasteiger partial charge in [-0.1, -0.05) is 0 Å². The van der Waals surface area contributed by atoms with Crippen LogP contribution in [-0.4, -0.2) is 82.8 Å². The molecule has 7 N–H and O–H groups in total. The van der Waals surface area contributed by atoms with Crippen LogP contribution in [-0.2, 0) is 24.0 Å². The Labute approximate surface area is 166 Å². The predicted molar refractivity (Wildman–Crippen MR) is 102 cm³/mol. The molecule has 1 rings (SSSR count). The fourth-order valence-corrected chi connectivity index (χ4v) is 3.27. The highest BCUT2D eigenvalue weighted by molar-refractivity contribution is 7.98. The van der Waals surface area contributed by atoms with E-state index in [1.165, 1.54) is 4.90 Å². The van der Waals surface area contributed by atoms with E-state index < -0.39 is 54.1 Å². The van der Waals surface area contributed by atoms with Crippen LogP contribution in [0, 0.1) is 0 Å². The Morgan fingerprint density at radius 1 is 1.29 bits per heavy atom. The third-order valence-corrected chi connectivity index (χ3v) is 4.92. The molecule has 12 heteroatoms. The van der Waals surface area contributed by atoms with Crippen LogP contribution in [0.15, 0.2) is 0 Å². The number of carbonyl (C=O) groups is 5. The number of hydrogen-bond donors (Lipinski definition) is 5. The van der Waals surface area contributed by atoms with Crippen LogP contribution in [0.3, 0.4) is 0 Å². The van der Waals surface area contributed by atoms with Crippen molar-refractivity contribution >= 4 is 41.4 Å². The van der Waals surface area contributed by atoms with E-state index in [9.17, 15) is 24.0 Å². The van der Waals surface area contributed by atoms with Crippen LogP contribution in [0.4, 0.5) is 0 Å². The van der Waals surface area contributed by atoms with E-state index >= 15 is 0 Å². The van der Waals surface area contributed by atoms with Gasteiger partial charge in [0.15, 0.2) is 0 Å². The van der Waals surface area contributed by atoms with Gasteiger partial charge in [0.05, 0.1) is 19.0 Å². The molecule has 0 aliphatic carbocycles. The van der Waals surface area contributed by atoms with E-state index in [0.717, 1.165) is 0 Å². The third-order valence-electron chi connectivity index (χ3n) is 4.28. The number of primary amides is 1. The molecule has 0 radical (unpaired) electrons. The molecule has 3 atom stereocenters. The lowest BCUT2D eigenvalue weighted by Gasteiger charge is -2.25. The molecule has 1 fully saturated rings. The highest BCUT2D eigenvalue weighted by atomic mass is 32.2. The first-order valence-corrected chi connectivity index (χ1v) is 10.2. The fourth-order valence-electron chi connectivity index (χ4n) is 2.78. The van der Waals surface area contributed by atoms with Gasteiger partial charge in [0.25, 0.3) is 0 Å². The van der Waals surface area contributed by atoms with Crippen LogP contribution in [0.1, 0.15) is 25.7 Å². The maximum atomic E-state index is 12.4. The second-order valence-electron chi connectivity index (χ2n) is 6.42. The van der Waals surface area contributed by atoms with Gasteiger partial charge in [0.2, 0.25) is 23.6 Å². The lowest BCUT2D eigenvalue weighted by atomic mass is 10.1. The number of likely N-dealkylation sites (tertiary alicyclic amines) is 1. The number of aliphatic carboxylic acids is 1. The largest absolute Gasteiger partial charge is 0.480 e. The molecule has 1 aliphatic heterocycles. The van der Waals surface area contributed by atoms with E-state index in [0.29, 0.717) is 31.6 Å². The number of nitrogens with two attached hydrogens (primary N) is 2. The molecule has 0 saturated carbocycles. The fraction of sp³-hybridized carbons (Fsp3) is 0.688. The molecule has 158 valence electrons. The van der Waals surface area contributed by atoms with Gasteiger partial charge in [0.1, 0.15) is 12.1 Å². The monoisotopic (exact) mass is 417 g/mol. The molecule has 0 aromatic heterocycles. The number of carbonyl (C=O) groups excluding carboxylic acids is 4. The van der Waals surface area contributed by atoms with Gasteiger partial charge in [-0.25, -0.2) is 4.79 Å². The molecular weight excluding hydrogens is 390 g/mol. The Balaban J connectivity index is 2.61. The predicted octanol–water partition coefficient (Wildman–Crippen LogP) is -2.38. The second kappa shape index (κ2) is 11.5. The minimum atomic E-state index is -1.46. The van der Waals surface area contributed by atoms with Crippen LogP contribution in [0.5, 0.6) is 0 Å². The van der Waals surface area contributed by atoms with E-state index in [1.807, 2.05) is 6.26 Å². The maximum Gasteiger partial charge on any atom is 0.326 e. The summed E-state index contributed by atoms with van der Waals surface area (Å²) in [7, 11) is 0. The summed E-state index contributed by atoms with van der Waals surface area (Å²) >= 11 is 1.56. The SMILES string of the molecule is CSCCC(N)C(=O)NCC(=O)N1CCCC1C(=O)NC(CC(N)=O)C(=O)O. The summed E-state index contributed by atoms with van der Waals surface area (Å²) in [5.74, 6) is -3.14. The molecule has 28 heavy (non-hydrogen) atoms. The number of carboxylic acids is 1. The molecule has 1 saturated heterocycles. The first kappa shape index (κ1) is 23.7. The molecule has 0 aromatic rings. The standard InChI is InChI=1S/C16H27N5O6S/c1-28-6-4-9(17)14(24)19-8-13(23)21-5-2-3-11(21)15(25)20-10(16(26)27)7-12(18)22/h9-11H,2-8,17H2,1H3,(H2,18,22)(H,19,24)(H,20,25)(H,26,27). The van der Waals surface area contributed by atoms with Crippen molar-refractivity contribution in [3.63, 3.8) is 0 Å². The van der Waals surface area contributed by atoms with E-state index in [1.54, 1.807) is 11.8 Å². The Kier molecular flexibility index (Phi) is 9.73. The van der Waals surface area contributed by atoms with Crippen molar-refractivity contribution < 1.29 is 29.1 Å². The van der Waals surface area contributed by atoms with Crippen LogP contribution < -0.4 is 22.1 Å². The zero-order valence-electron chi connectivity index (χ0n) is 15.7. The van der Waals surface area contributed by atoms with Crippen molar-refractivity contribution in [2.75, 3.05) is 25.1 Å². The quantitative estimate of drug-likeness (QED) is 0.246. The van der Waals surface area contributed by atoms with Crippen molar-refractivity contribution in [3.05, 3.63) is 0 Å². The van der Waals surface area contributed by atoms with Crippen LogP contribution in [0.25, 0.3) is 0 Å². The van der Waals surface area contributed by atoms with E-state index in [2.05, 4.69) is 10.6 Å². The van der Waals surface area contributed by atoms with Gasteiger partial charge in [-0.15, -0.1) is 0 Å². The summed E-state index contributed by atoms with van der Waals surface area (Å²) < 4.78 is 0. The molecule has 0 aromatic carbocycles. The molecule has 11 nitrogen and oxygen atoms in total. The third kappa shape index (κ3) is 7.35. The highest BCUT2D eigenvalue weighted by Gasteiger charge is 2.36. The minimum absolute atomic E-state index is 0.304. The zero-order valence-corrected chi connectivity index (χ0v) is 16.5. The average Bonchev–Trinajstić information content (AvgIpc) is 3.12. The smallest absolute Gasteiger partial charge is 0.326 e. The van der Waals surface area contributed by atoms with Gasteiger partial charge < -0.3 is 32.1 Å². The number of carboxylic acid groups (broad SMARTS) is 1.